The molecule has 2 rings (SSSR count). The average Bonchev–Trinajstić information content (AvgIpc) is 2.96. The highest BCUT2D eigenvalue weighted by Gasteiger charge is 2.56. The average molecular weight is 401 g/mol. The van der Waals surface area contributed by atoms with Gasteiger partial charge in [0.25, 0.3) is 0 Å². The molecule has 0 saturated heterocycles. The van der Waals surface area contributed by atoms with Crippen molar-refractivity contribution in [1.82, 2.24) is 0 Å². The second-order valence-corrected chi connectivity index (χ2v) is 21.7. The van der Waals surface area contributed by atoms with Gasteiger partial charge in [0, 0.05) is 0 Å². The first kappa shape index (κ1) is 21.7. The third-order valence-corrected chi connectivity index (χ3v) is 17.4. The number of rotatable bonds is 4. The molecule has 0 aromatic heterocycles. The van der Waals surface area contributed by atoms with Gasteiger partial charge in [0.05, 0.1) is 17.0 Å². The van der Waals surface area contributed by atoms with E-state index >= 15 is 0 Å². The van der Waals surface area contributed by atoms with E-state index in [2.05, 4.69) is 79.2 Å². The van der Waals surface area contributed by atoms with Crippen LogP contribution in [-0.2, 0) is 8.85 Å². The maximum Gasteiger partial charge on any atom is 0.192 e. The van der Waals surface area contributed by atoms with Crippen molar-refractivity contribution >= 4 is 28.4 Å². The first-order valence-corrected chi connectivity index (χ1v) is 16.5. The molecule has 2 aliphatic rings. The minimum Gasteiger partial charge on any atom is -0.412 e. The lowest BCUT2D eigenvalue weighted by molar-refractivity contribution is 0.0917. The van der Waals surface area contributed by atoms with Crippen LogP contribution >= 0.6 is 11.8 Å². The summed E-state index contributed by atoms with van der Waals surface area (Å²) in [6.45, 7) is 23.5. The van der Waals surface area contributed by atoms with Gasteiger partial charge >= 0.3 is 0 Å². The van der Waals surface area contributed by atoms with E-state index in [-0.39, 0.29) is 20.9 Å². The lowest BCUT2D eigenvalue weighted by atomic mass is 9.98. The van der Waals surface area contributed by atoms with E-state index in [1.807, 2.05) is 11.8 Å². The predicted molar refractivity (Wildman–Crippen MR) is 117 cm³/mol. The van der Waals surface area contributed by atoms with Gasteiger partial charge < -0.3 is 8.85 Å². The van der Waals surface area contributed by atoms with E-state index < -0.39 is 16.6 Å². The predicted octanol–water partition coefficient (Wildman–Crippen LogP) is 6.95. The van der Waals surface area contributed by atoms with Gasteiger partial charge in [-0.05, 0) is 67.0 Å². The standard InChI is InChI=1S/C20H40O2SSi2/c1-18(2,3)24(7,8)21-16-12-11-14-20(16)17(13-15-23-20)22-25(9,10)19(4,5)6/h13,15-17H,11-12,14H2,1-10H3/t16-,17+,20?/m0/s1. The summed E-state index contributed by atoms with van der Waals surface area (Å²) in [5.74, 6) is 0. The molecule has 0 N–H and O–H groups in total. The fraction of sp³-hybridized carbons (Fsp3) is 0.900. The lowest BCUT2D eigenvalue weighted by Crippen LogP contribution is -2.55. The second kappa shape index (κ2) is 6.80. The SMILES string of the molecule is CC(C)(C)[Si](C)(C)O[C@H]1CCCC12SC=C[C@H]2O[Si](C)(C)C(C)(C)C. The van der Waals surface area contributed by atoms with E-state index in [0.29, 0.717) is 6.10 Å². The molecule has 146 valence electrons. The number of hydrogen-bond acceptors (Lipinski definition) is 3. The number of thioether (sulfide) groups is 1. The third kappa shape index (κ3) is 4.15. The molecule has 1 saturated carbocycles. The van der Waals surface area contributed by atoms with Gasteiger partial charge in [-0.3, -0.25) is 0 Å². The molecule has 1 spiro atoms. The highest BCUT2D eigenvalue weighted by atomic mass is 32.2. The quantitative estimate of drug-likeness (QED) is 0.476. The summed E-state index contributed by atoms with van der Waals surface area (Å²) in [5.41, 5.74) is 0. The molecular weight excluding hydrogens is 360 g/mol. The number of hydrogen-bond donors (Lipinski definition) is 0. The second-order valence-electron chi connectivity index (χ2n) is 11.0. The van der Waals surface area contributed by atoms with Crippen LogP contribution in [0.15, 0.2) is 11.5 Å². The zero-order valence-electron chi connectivity index (χ0n) is 18.2. The first-order valence-electron chi connectivity index (χ1n) is 9.83. The van der Waals surface area contributed by atoms with E-state index in [4.69, 9.17) is 8.85 Å². The van der Waals surface area contributed by atoms with Crippen LogP contribution in [0.3, 0.4) is 0 Å². The topological polar surface area (TPSA) is 18.5 Å². The lowest BCUT2D eigenvalue weighted by Gasteiger charge is -2.47. The van der Waals surface area contributed by atoms with Gasteiger partial charge in [-0.1, -0.05) is 41.5 Å². The van der Waals surface area contributed by atoms with Gasteiger partial charge in [0.15, 0.2) is 16.6 Å². The highest BCUT2D eigenvalue weighted by molar-refractivity contribution is 8.03. The molecule has 0 amide bonds. The minimum absolute atomic E-state index is 0.102. The van der Waals surface area contributed by atoms with Gasteiger partial charge in [0.2, 0.25) is 0 Å². The van der Waals surface area contributed by atoms with Gasteiger partial charge in [0.1, 0.15) is 0 Å². The van der Waals surface area contributed by atoms with Crippen LogP contribution in [0.2, 0.25) is 36.3 Å². The first-order chi connectivity index (χ1) is 11.1. The van der Waals surface area contributed by atoms with Crippen molar-refractivity contribution in [3.63, 3.8) is 0 Å². The maximum atomic E-state index is 6.94. The highest BCUT2D eigenvalue weighted by Crippen LogP contribution is 2.54. The molecule has 0 bridgehead atoms. The summed E-state index contributed by atoms with van der Waals surface area (Å²) in [6.07, 6.45) is 6.49. The monoisotopic (exact) mass is 400 g/mol. The van der Waals surface area contributed by atoms with Crippen molar-refractivity contribution in [3.8, 4) is 0 Å². The van der Waals surface area contributed by atoms with Crippen molar-refractivity contribution in [3.05, 3.63) is 11.5 Å². The van der Waals surface area contributed by atoms with E-state index in [1.165, 1.54) is 19.3 Å². The van der Waals surface area contributed by atoms with Crippen LogP contribution in [0, 0.1) is 0 Å². The fourth-order valence-corrected chi connectivity index (χ4v) is 7.38. The van der Waals surface area contributed by atoms with Crippen molar-refractivity contribution in [2.45, 2.75) is 114 Å². The molecule has 25 heavy (non-hydrogen) atoms. The Kier molecular flexibility index (Phi) is 5.91. The van der Waals surface area contributed by atoms with Crippen LogP contribution in [-0.4, -0.2) is 33.6 Å². The molecule has 0 aromatic rings. The zero-order valence-corrected chi connectivity index (χ0v) is 21.0. The Hall–Kier alpha value is 0.444. The van der Waals surface area contributed by atoms with Crippen molar-refractivity contribution in [1.29, 1.82) is 0 Å². The Labute approximate surface area is 162 Å². The molecule has 3 atom stereocenters. The summed E-state index contributed by atoms with van der Waals surface area (Å²) < 4.78 is 13.9. The third-order valence-electron chi connectivity index (χ3n) is 7.07. The summed E-state index contributed by atoms with van der Waals surface area (Å²) >= 11 is 1.99. The van der Waals surface area contributed by atoms with Crippen molar-refractivity contribution in [2.75, 3.05) is 0 Å². The molecule has 1 fully saturated rings. The zero-order chi connectivity index (χ0) is 19.3. The van der Waals surface area contributed by atoms with E-state index in [9.17, 15) is 0 Å². The Balaban J connectivity index is 2.23. The van der Waals surface area contributed by atoms with Crippen LogP contribution in [0.25, 0.3) is 0 Å². The normalized spacial score (nSPS) is 31.3. The summed E-state index contributed by atoms with van der Waals surface area (Å²) in [6, 6.07) is 0. The minimum atomic E-state index is -1.80. The van der Waals surface area contributed by atoms with Crippen molar-refractivity contribution < 1.29 is 8.85 Å². The fourth-order valence-electron chi connectivity index (χ4n) is 3.22. The van der Waals surface area contributed by atoms with Crippen LogP contribution < -0.4 is 0 Å². The molecule has 5 heteroatoms. The Morgan fingerprint density at radius 2 is 1.44 bits per heavy atom. The molecule has 2 nitrogen and oxygen atoms in total. The molecule has 1 heterocycles. The largest absolute Gasteiger partial charge is 0.412 e. The smallest absolute Gasteiger partial charge is 0.192 e. The van der Waals surface area contributed by atoms with Crippen LogP contribution in [0.5, 0.6) is 0 Å². The van der Waals surface area contributed by atoms with Gasteiger partial charge in [-0.2, -0.15) is 0 Å². The van der Waals surface area contributed by atoms with E-state index in [0.717, 1.165) is 0 Å². The summed E-state index contributed by atoms with van der Waals surface area (Å²) in [7, 11) is -3.57. The van der Waals surface area contributed by atoms with Crippen LogP contribution in [0.4, 0.5) is 0 Å². The molecule has 1 aliphatic carbocycles. The summed E-state index contributed by atoms with van der Waals surface area (Å²) in [4.78, 5) is 0. The Morgan fingerprint density at radius 1 is 0.920 bits per heavy atom. The van der Waals surface area contributed by atoms with Crippen LogP contribution in [0.1, 0.15) is 60.8 Å². The maximum absolute atomic E-state index is 6.94. The molecular formula is C20H40O2SSi2. The van der Waals surface area contributed by atoms with Gasteiger partial charge in [-0.25, -0.2) is 0 Å². The Morgan fingerprint density at radius 3 is 1.96 bits per heavy atom. The van der Waals surface area contributed by atoms with E-state index in [1.54, 1.807) is 0 Å². The molecule has 1 aliphatic heterocycles. The molecule has 1 unspecified atom stereocenters. The molecule has 0 radical (unpaired) electrons. The van der Waals surface area contributed by atoms with Crippen molar-refractivity contribution in [2.24, 2.45) is 0 Å². The Bertz CT molecular complexity index is 517. The van der Waals surface area contributed by atoms with Gasteiger partial charge in [-0.15, -0.1) is 11.8 Å². The molecule has 0 aromatic carbocycles. The summed E-state index contributed by atoms with van der Waals surface area (Å²) in [5, 5.41) is 2.78.